The van der Waals surface area contributed by atoms with Crippen LogP contribution < -0.4 is 5.56 Å². The van der Waals surface area contributed by atoms with E-state index in [9.17, 15) is 14.0 Å². The summed E-state index contributed by atoms with van der Waals surface area (Å²) >= 11 is 0. The van der Waals surface area contributed by atoms with E-state index in [1.165, 1.54) is 17.7 Å². The Morgan fingerprint density at radius 2 is 2.16 bits per heavy atom. The highest BCUT2D eigenvalue weighted by molar-refractivity contribution is 5.77. The lowest BCUT2D eigenvalue weighted by molar-refractivity contribution is -0.136. The Morgan fingerprint density at radius 1 is 1.31 bits per heavy atom. The van der Waals surface area contributed by atoms with Crippen molar-refractivity contribution in [1.29, 1.82) is 0 Å². The number of aromatic nitrogens is 3. The van der Waals surface area contributed by atoms with E-state index in [2.05, 4.69) is 10.00 Å². The largest absolute Gasteiger partial charge is 0.375 e. The molecule has 0 saturated carbocycles. The molecule has 1 aromatic carbocycles. The highest BCUT2D eigenvalue weighted by Gasteiger charge is 2.30. The van der Waals surface area contributed by atoms with Gasteiger partial charge in [0.25, 0.3) is 5.56 Å². The molecule has 1 atom stereocenters. The van der Waals surface area contributed by atoms with Crippen LogP contribution in [-0.4, -0.2) is 57.1 Å². The molecule has 0 spiro atoms. The molecule has 1 N–H and O–H groups in total. The summed E-state index contributed by atoms with van der Waals surface area (Å²) in [6.45, 7) is 2.19. The Kier molecular flexibility index (Phi) is 5.52. The molecule has 1 amide bonds. The molecule has 168 valence electrons. The summed E-state index contributed by atoms with van der Waals surface area (Å²) in [5.41, 5.74) is 3.29. The van der Waals surface area contributed by atoms with E-state index < -0.39 is 0 Å². The summed E-state index contributed by atoms with van der Waals surface area (Å²) < 4.78 is 20.6. The molecule has 3 aromatic rings. The Labute approximate surface area is 184 Å². The third-order valence-corrected chi connectivity index (χ3v) is 6.46. The lowest BCUT2D eigenvalue weighted by Gasteiger charge is -2.27. The zero-order valence-electron chi connectivity index (χ0n) is 18.0. The van der Waals surface area contributed by atoms with Gasteiger partial charge in [-0.1, -0.05) is 18.2 Å². The topological polar surface area (TPSA) is 82.9 Å². The summed E-state index contributed by atoms with van der Waals surface area (Å²) in [5.74, 6) is -0.308. The summed E-state index contributed by atoms with van der Waals surface area (Å²) in [4.78, 5) is 33.9. The number of H-pyrrole nitrogens is 1. The second-order valence-corrected chi connectivity index (χ2v) is 8.47. The van der Waals surface area contributed by atoms with E-state index in [1.54, 1.807) is 11.0 Å². The van der Waals surface area contributed by atoms with Crippen molar-refractivity contribution in [2.45, 2.75) is 38.4 Å². The first-order valence-electron chi connectivity index (χ1n) is 10.9. The van der Waals surface area contributed by atoms with E-state index in [1.807, 2.05) is 18.2 Å². The maximum absolute atomic E-state index is 14.2. The average Bonchev–Trinajstić information content (AvgIpc) is 3.42. The van der Waals surface area contributed by atoms with Crippen LogP contribution in [0, 0.1) is 5.82 Å². The Morgan fingerprint density at radius 3 is 2.97 bits per heavy atom. The SMILES string of the molecule is COCC(=O)N1CCc2c(nc3cc(C4CCCN4Cc4ccccc4F)[nH]n3c2=O)C1. The number of nitrogens with one attached hydrogen (secondary N) is 1. The van der Waals surface area contributed by atoms with E-state index >= 15 is 0 Å². The number of carbonyl (C=O) groups excluding carboxylic acids is 1. The molecule has 32 heavy (non-hydrogen) atoms. The van der Waals surface area contributed by atoms with Crippen LogP contribution in [0.4, 0.5) is 4.39 Å². The monoisotopic (exact) mass is 439 g/mol. The van der Waals surface area contributed by atoms with Gasteiger partial charge in [-0.15, -0.1) is 0 Å². The van der Waals surface area contributed by atoms with E-state index in [0.717, 1.165) is 25.1 Å². The second kappa shape index (κ2) is 8.48. The molecule has 8 nitrogen and oxygen atoms in total. The standard InChI is InChI=1S/C23H26FN5O3/c1-32-14-22(30)28-10-8-16-19(13-28)25-21-11-18(26-29(21)23(16)31)20-7-4-9-27(20)12-15-5-2-3-6-17(15)24/h2-3,5-6,11,20,26H,4,7-10,12-14H2,1H3. The number of methoxy groups -OCH3 is 1. The van der Waals surface area contributed by atoms with Crippen LogP contribution >= 0.6 is 0 Å². The first-order valence-corrected chi connectivity index (χ1v) is 10.9. The predicted octanol–water partition coefficient (Wildman–Crippen LogP) is 2.03. The third kappa shape index (κ3) is 3.71. The van der Waals surface area contributed by atoms with Crippen LogP contribution in [0.2, 0.25) is 0 Å². The number of carbonyl (C=O) groups is 1. The van der Waals surface area contributed by atoms with Crippen molar-refractivity contribution in [2.24, 2.45) is 0 Å². The summed E-state index contributed by atoms with van der Waals surface area (Å²) in [7, 11) is 1.49. The predicted molar refractivity (Wildman–Crippen MR) is 116 cm³/mol. The average molecular weight is 439 g/mol. The van der Waals surface area contributed by atoms with Gasteiger partial charge >= 0.3 is 0 Å². The summed E-state index contributed by atoms with van der Waals surface area (Å²) in [5, 5.41) is 3.25. The number of ether oxygens (including phenoxy) is 1. The van der Waals surface area contributed by atoms with Gasteiger partial charge in [0, 0.05) is 37.4 Å². The van der Waals surface area contributed by atoms with Crippen molar-refractivity contribution in [3.63, 3.8) is 0 Å². The molecule has 0 bridgehead atoms. The van der Waals surface area contributed by atoms with Gasteiger partial charge in [0.05, 0.1) is 24.0 Å². The number of benzene rings is 1. The van der Waals surface area contributed by atoms with Crippen molar-refractivity contribution < 1.29 is 13.9 Å². The fourth-order valence-electron chi connectivity index (χ4n) is 4.82. The number of hydrogen-bond acceptors (Lipinski definition) is 5. The first-order chi connectivity index (χ1) is 15.5. The van der Waals surface area contributed by atoms with Crippen LogP contribution in [-0.2, 0) is 29.0 Å². The fourth-order valence-corrected chi connectivity index (χ4v) is 4.82. The van der Waals surface area contributed by atoms with Crippen LogP contribution in [0.15, 0.2) is 35.1 Å². The highest BCUT2D eigenvalue weighted by Crippen LogP contribution is 2.33. The molecule has 2 aromatic heterocycles. The van der Waals surface area contributed by atoms with Crippen molar-refractivity contribution in [3.8, 4) is 0 Å². The molecule has 5 rings (SSSR count). The number of rotatable bonds is 5. The van der Waals surface area contributed by atoms with Crippen molar-refractivity contribution in [2.75, 3.05) is 26.8 Å². The smallest absolute Gasteiger partial charge is 0.276 e. The van der Waals surface area contributed by atoms with E-state index in [0.29, 0.717) is 48.5 Å². The number of likely N-dealkylation sites (tertiary alicyclic amines) is 1. The van der Waals surface area contributed by atoms with Gasteiger partial charge in [0.15, 0.2) is 5.65 Å². The number of halogens is 1. The number of fused-ring (bicyclic) bond motifs is 2. The molecule has 9 heteroatoms. The summed E-state index contributed by atoms with van der Waals surface area (Å²) in [6, 6.07) is 8.81. The summed E-state index contributed by atoms with van der Waals surface area (Å²) in [6.07, 6.45) is 2.40. The molecule has 4 heterocycles. The maximum atomic E-state index is 14.2. The van der Waals surface area contributed by atoms with Crippen molar-refractivity contribution in [3.05, 3.63) is 69.0 Å². The fraction of sp³-hybridized carbons (Fsp3) is 0.435. The molecule has 1 saturated heterocycles. The van der Waals surface area contributed by atoms with Gasteiger partial charge in [-0.3, -0.25) is 19.6 Å². The lowest BCUT2D eigenvalue weighted by Crippen LogP contribution is -2.41. The third-order valence-electron chi connectivity index (χ3n) is 6.46. The zero-order valence-corrected chi connectivity index (χ0v) is 18.0. The molecule has 0 radical (unpaired) electrons. The quantitative estimate of drug-likeness (QED) is 0.658. The molecular formula is C23H26FN5O3. The van der Waals surface area contributed by atoms with Gasteiger partial charge in [0.2, 0.25) is 5.91 Å². The minimum Gasteiger partial charge on any atom is -0.375 e. The first kappa shape index (κ1) is 20.8. The number of aromatic amines is 1. The Bertz CT molecular complexity index is 1220. The second-order valence-electron chi connectivity index (χ2n) is 8.47. The van der Waals surface area contributed by atoms with Crippen LogP contribution in [0.3, 0.4) is 0 Å². The molecular weight excluding hydrogens is 413 g/mol. The molecule has 0 aliphatic carbocycles. The molecule has 1 fully saturated rings. The number of nitrogens with zero attached hydrogens (tertiary/aromatic N) is 4. The Balaban J connectivity index is 1.44. The normalized spacial score (nSPS) is 18.9. The Hall–Kier alpha value is -3.04. The highest BCUT2D eigenvalue weighted by atomic mass is 19.1. The number of amides is 1. The van der Waals surface area contributed by atoms with Crippen molar-refractivity contribution >= 4 is 11.6 Å². The van der Waals surface area contributed by atoms with E-state index in [4.69, 9.17) is 9.72 Å². The van der Waals surface area contributed by atoms with Gasteiger partial charge in [-0.05, 0) is 31.9 Å². The maximum Gasteiger partial charge on any atom is 0.276 e. The molecule has 2 aliphatic heterocycles. The van der Waals surface area contributed by atoms with Gasteiger partial charge in [-0.2, -0.15) is 0 Å². The zero-order chi connectivity index (χ0) is 22.2. The molecule has 2 aliphatic rings. The van der Waals surface area contributed by atoms with Gasteiger partial charge < -0.3 is 9.64 Å². The minimum absolute atomic E-state index is 0.0182. The lowest BCUT2D eigenvalue weighted by atomic mass is 10.1. The van der Waals surface area contributed by atoms with Gasteiger partial charge in [0.1, 0.15) is 12.4 Å². The minimum atomic E-state index is -0.201. The number of hydrogen-bond donors (Lipinski definition) is 1. The van der Waals surface area contributed by atoms with Crippen molar-refractivity contribution in [1.82, 2.24) is 24.4 Å². The molecule has 1 unspecified atom stereocenters. The van der Waals surface area contributed by atoms with Crippen LogP contribution in [0.5, 0.6) is 0 Å². The van der Waals surface area contributed by atoms with E-state index in [-0.39, 0.29) is 29.9 Å². The van der Waals surface area contributed by atoms with Crippen LogP contribution in [0.25, 0.3) is 5.65 Å². The van der Waals surface area contributed by atoms with Crippen LogP contribution in [0.1, 0.15) is 41.4 Å². The van der Waals surface area contributed by atoms with Gasteiger partial charge in [-0.25, -0.2) is 13.9 Å².